The van der Waals surface area contributed by atoms with Gasteiger partial charge in [0.2, 0.25) is 0 Å². The number of nitrogens with zero attached hydrogens (tertiary/aromatic N) is 2. The molecule has 5 nitrogen and oxygen atoms in total. The Morgan fingerprint density at radius 1 is 1.26 bits per heavy atom. The Bertz CT molecular complexity index is 535. The number of ether oxygens (including phenoxy) is 1. The second-order valence-electron chi connectivity index (χ2n) is 6.43. The number of carbonyl (C=O) groups excluding carboxylic acids is 1. The van der Waals surface area contributed by atoms with Crippen molar-refractivity contribution in [3.05, 3.63) is 29.8 Å². The number of nitrogens with one attached hydrogen (secondary N) is 1. The summed E-state index contributed by atoms with van der Waals surface area (Å²) in [5, 5.41) is 3.06. The first kappa shape index (κ1) is 16.1. The molecular weight excluding hydrogens is 290 g/mol. The number of piperazine rings is 1. The molecule has 0 aromatic heterocycles. The van der Waals surface area contributed by atoms with Crippen molar-refractivity contribution in [3.63, 3.8) is 0 Å². The van der Waals surface area contributed by atoms with E-state index in [0.717, 1.165) is 37.4 Å². The number of para-hydroxylation sites is 1. The lowest BCUT2D eigenvalue weighted by Crippen LogP contribution is -2.58. The zero-order chi connectivity index (χ0) is 16.1. The predicted octanol–water partition coefficient (Wildman–Crippen LogP) is 2.12. The molecule has 1 aromatic carbocycles. The van der Waals surface area contributed by atoms with Crippen LogP contribution < -0.4 is 10.1 Å². The lowest BCUT2D eigenvalue weighted by Gasteiger charge is -2.43. The van der Waals surface area contributed by atoms with Crippen LogP contribution in [-0.2, 0) is 6.42 Å². The highest BCUT2D eigenvalue weighted by molar-refractivity contribution is 5.74. The van der Waals surface area contributed by atoms with E-state index in [0.29, 0.717) is 12.6 Å². The standard InChI is InChI=1S/C18H27N3O2/c1-23-17-8-3-2-6-15(17)9-10-19-18(22)21-13-12-20-11-5-4-7-16(20)14-21/h2-3,6,8,16H,4-5,7,9-14H2,1H3,(H,19,22)/t16-/m0/s1. The van der Waals surface area contributed by atoms with Gasteiger partial charge in [0.15, 0.2) is 0 Å². The zero-order valence-electron chi connectivity index (χ0n) is 14.0. The average Bonchev–Trinajstić information content (AvgIpc) is 2.61. The maximum Gasteiger partial charge on any atom is 0.317 e. The largest absolute Gasteiger partial charge is 0.496 e. The molecule has 2 saturated heterocycles. The minimum atomic E-state index is 0.0742. The van der Waals surface area contributed by atoms with Gasteiger partial charge in [-0.25, -0.2) is 4.79 Å². The van der Waals surface area contributed by atoms with Crippen LogP contribution in [0.4, 0.5) is 4.79 Å². The summed E-state index contributed by atoms with van der Waals surface area (Å²) in [6, 6.07) is 8.61. The molecule has 1 aromatic rings. The number of carbonyl (C=O) groups is 1. The first-order valence-electron chi connectivity index (χ1n) is 8.66. The third kappa shape index (κ3) is 3.96. The number of urea groups is 1. The molecule has 1 atom stereocenters. The van der Waals surface area contributed by atoms with Crippen molar-refractivity contribution in [1.82, 2.24) is 15.1 Å². The summed E-state index contributed by atoms with van der Waals surface area (Å²) in [6.07, 6.45) is 4.62. The lowest BCUT2D eigenvalue weighted by molar-refractivity contribution is 0.0644. The molecule has 5 heteroatoms. The normalized spacial score (nSPS) is 21.6. The van der Waals surface area contributed by atoms with E-state index in [1.54, 1.807) is 7.11 Å². The maximum absolute atomic E-state index is 12.4. The van der Waals surface area contributed by atoms with Crippen LogP contribution >= 0.6 is 0 Å². The van der Waals surface area contributed by atoms with Gasteiger partial charge in [0.05, 0.1) is 7.11 Å². The summed E-state index contributed by atoms with van der Waals surface area (Å²) in [5.41, 5.74) is 1.13. The number of hydrogen-bond donors (Lipinski definition) is 1. The average molecular weight is 317 g/mol. The fourth-order valence-electron chi connectivity index (χ4n) is 3.67. The molecule has 3 rings (SSSR count). The van der Waals surface area contributed by atoms with Crippen molar-refractivity contribution >= 4 is 6.03 Å². The van der Waals surface area contributed by atoms with Gasteiger partial charge in [-0.2, -0.15) is 0 Å². The molecular formula is C18H27N3O2. The van der Waals surface area contributed by atoms with Crippen molar-refractivity contribution in [2.24, 2.45) is 0 Å². The fraction of sp³-hybridized carbons (Fsp3) is 0.611. The Morgan fingerprint density at radius 2 is 2.13 bits per heavy atom. The van der Waals surface area contributed by atoms with E-state index in [1.165, 1.54) is 25.8 Å². The molecule has 0 unspecified atom stereocenters. The molecule has 2 amide bonds. The quantitative estimate of drug-likeness (QED) is 0.925. The summed E-state index contributed by atoms with van der Waals surface area (Å²) < 4.78 is 5.35. The van der Waals surface area contributed by atoms with Crippen LogP contribution in [0.25, 0.3) is 0 Å². The molecule has 1 N–H and O–H groups in total. The zero-order valence-corrected chi connectivity index (χ0v) is 14.0. The molecule has 2 aliphatic rings. The number of fused-ring (bicyclic) bond motifs is 1. The summed E-state index contributed by atoms with van der Waals surface area (Å²) in [6.45, 7) is 4.58. The molecule has 0 bridgehead atoms. The van der Waals surface area contributed by atoms with Crippen LogP contribution in [0, 0.1) is 0 Å². The SMILES string of the molecule is COc1ccccc1CCNC(=O)N1CCN2CCCC[C@H]2C1. The maximum atomic E-state index is 12.4. The molecule has 23 heavy (non-hydrogen) atoms. The van der Waals surface area contributed by atoms with Crippen LogP contribution in [-0.4, -0.2) is 61.7 Å². The summed E-state index contributed by atoms with van der Waals surface area (Å²) in [7, 11) is 1.68. The first-order valence-corrected chi connectivity index (χ1v) is 8.66. The van der Waals surface area contributed by atoms with Crippen molar-refractivity contribution in [2.45, 2.75) is 31.7 Å². The third-order valence-electron chi connectivity index (χ3n) is 4.99. The van der Waals surface area contributed by atoms with Gasteiger partial charge >= 0.3 is 6.03 Å². The van der Waals surface area contributed by atoms with Crippen LogP contribution in [0.5, 0.6) is 5.75 Å². The van der Waals surface area contributed by atoms with E-state index in [4.69, 9.17) is 4.74 Å². The Hall–Kier alpha value is -1.75. The highest BCUT2D eigenvalue weighted by Crippen LogP contribution is 2.21. The van der Waals surface area contributed by atoms with E-state index in [2.05, 4.69) is 10.2 Å². The van der Waals surface area contributed by atoms with Crippen molar-refractivity contribution in [3.8, 4) is 5.75 Å². The summed E-state index contributed by atoms with van der Waals surface area (Å²) in [5.74, 6) is 0.887. The van der Waals surface area contributed by atoms with Gasteiger partial charge in [-0.15, -0.1) is 0 Å². The minimum absolute atomic E-state index is 0.0742. The molecule has 0 saturated carbocycles. The van der Waals surface area contributed by atoms with E-state index in [9.17, 15) is 4.79 Å². The number of hydrogen-bond acceptors (Lipinski definition) is 3. The molecule has 0 spiro atoms. The van der Waals surface area contributed by atoms with E-state index in [1.807, 2.05) is 29.2 Å². The Morgan fingerprint density at radius 3 is 3.00 bits per heavy atom. The minimum Gasteiger partial charge on any atom is -0.496 e. The van der Waals surface area contributed by atoms with Crippen LogP contribution in [0.2, 0.25) is 0 Å². The van der Waals surface area contributed by atoms with Gasteiger partial charge in [-0.05, 0) is 37.4 Å². The van der Waals surface area contributed by atoms with Gasteiger partial charge in [-0.1, -0.05) is 24.6 Å². The second-order valence-corrected chi connectivity index (χ2v) is 6.43. The van der Waals surface area contributed by atoms with Gasteiger partial charge in [-0.3, -0.25) is 4.90 Å². The van der Waals surface area contributed by atoms with E-state index < -0.39 is 0 Å². The highest BCUT2D eigenvalue weighted by Gasteiger charge is 2.30. The number of piperidine rings is 1. The number of rotatable bonds is 4. The van der Waals surface area contributed by atoms with Crippen LogP contribution in [0.1, 0.15) is 24.8 Å². The highest BCUT2D eigenvalue weighted by atomic mass is 16.5. The smallest absolute Gasteiger partial charge is 0.317 e. The lowest BCUT2D eigenvalue weighted by atomic mass is 10.00. The van der Waals surface area contributed by atoms with Crippen molar-refractivity contribution in [2.75, 3.05) is 39.8 Å². The van der Waals surface area contributed by atoms with Crippen molar-refractivity contribution < 1.29 is 9.53 Å². The van der Waals surface area contributed by atoms with Gasteiger partial charge < -0.3 is 15.0 Å². The first-order chi connectivity index (χ1) is 11.3. The fourth-order valence-corrected chi connectivity index (χ4v) is 3.67. The van der Waals surface area contributed by atoms with E-state index >= 15 is 0 Å². The van der Waals surface area contributed by atoms with Crippen molar-refractivity contribution in [1.29, 1.82) is 0 Å². The molecule has 0 radical (unpaired) electrons. The molecule has 2 aliphatic heterocycles. The Kier molecular flexibility index (Phi) is 5.39. The monoisotopic (exact) mass is 317 g/mol. The Labute approximate surface area is 138 Å². The molecule has 2 heterocycles. The molecule has 2 fully saturated rings. The Balaban J connectivity index is 1.46. The molecule has 0 aliphatic carbocycles. The van der Waals surface area contributed by atoms with Gasteiger partial charge in [0, 0.05) is 32.2 Å². The second kappa shape index (κ2) is 7.68. The molecule has 126 valence electrons. The van der Waals surface area contributed by atoms with Crippen LogP contribution in [0.3, 0.4) is 0 Å². The summed E-state index contributed by atoms with van der Waals surface area (Å²) >= 11 is 0. The number of benzene rings is 1. The topological polar surface area (TPSA) is 44.8 Å². The number of amides is 2. The number of methoxy groups -OCH3 is 1. The van der Waals surface area contributed by atoms with Gasteiger partial charge in [0.1, 0.15) is 5.75 Å². The predicted molar refractivity (Wildman–Crippen MR) is 90.9 cm³/mol. The summed E-state index contributed by atoms with van der Waals surface area (Å²) in [4.78, 5) is 16.9. The van der Waals surface area contributed by atoms with Crippen LogP contribution in [0.15, 0.2) is 24.3 Å². The van der Waals surface area contributed by atoms with Gasteiger partial charge in [0.25, 0.3) is 0 Å². The third-order valence-corrected chi connectivity index (χ3v) is 4.99. The van der Waals surface area contributed by atoms with E-state index in [-0.39, 0.29) is 6.03 Å².